The summed E-state index contributed by atoms with van der Waals surface area (Å²) >= 11 is 4.96. The Bertz CT molecular complexity index is 269. The molecule has 1 fully saturated rings. The van der Waals surface area contributed by atoms with Gasteiger partial charge in [-0.25, -0.2) is 4.98 Å². The number of nitrogens with one attached hydrogen (secondary N) is 1. The van der Waals surface area contributed by atoms with E-state index in [1.807, 2.05) is 5.38 Å². The molecule has 66 valence electrons. The first-order valence-corrected chi connectivity index (χ1v) is 5.47. The van der Waals surface area contributed by atoms with Crippen molar-refractivity contribution < 1.29 is 0 Å². The van der Waals surface area contributed by atoms with Gasteiger partial charge in [0.1, 0.15) is 4.60 Å². The minimum Gasteiger partial charge on any atom is -0.356 e. The van der Waals surface area contributed by atoms with E-state index in [0.717, 1.165) is 22.8 Å². The van der Waals surface area contributed by atoms with Gasteiger partial charge in [-0.1, -0.05) is 0 Å². The molecule has 1 aliphatic rings. The van der Waals surface area contributed by atoms with Crippen molar-refractivity contribution in [2.75, 3.05) is 25.5 Å². The number of hydrogen-bond donors (Lipinski definition) is 1. The first-order chi connectivity index (χ1) is 5.74. The van der Waals surface area contributed by atoms with Crippen LogP contribution in [0.4, 0.5) is 5.13 Å². The second kappa shape index (κ2) is 3.32. The zero-order valence-electron chi connectivity index (χ0n) is 6.75. The Morgan fingerprint density at radius 3 is 3.00 bits per heavy atom. The van der Waals surface area contributed by atoms with E-state index in [2.05, 4.69) is 38.2 Å². The molecule has 3 nitrogen and oxygen atoms in total. The molecular weight excluding hydrogens is 238 g/mol. The highest BCUT2D eigenvalue weighted by atomic mass is 79.9. The topological polar surface area (TPSA) is 28.2 Å². The van der Waals surface area contributed by atoms with E-state index < -0.39 is 0 Å². The Morgan fingerprint density at radius 1 is 1.75 bits per heavy atom. The van der Waals surface area contributed by atoms with Crippen molar-refractivity contribution in [3.8, 4) is 0 Å². The van der Waals surface area contributed by atoms with Crippen molar-refractivity contribution in [1.29, 1.82) is 0 Å². The van der Waals surface area contributed by atoms with Crippen molar-refractivity contribution in [2.24, 2.45) is 0 Å². The fourth-order valence-electron chi connectivity index (χ4n) is 1.29. The molecule has 1 aliphatic heterocycles. The van der Waals surface area contributed by atoms with Crippen molar-refractivity contribution in [3.63, 3.8) is 0 Å². The summed E-state index contributed by atoms with van der Waals surface area (Å²) in [5, 5.41) is 6.37. The van der Waals surface area contributed by atoms with Gasteiger partial charge in [0.25, 0.3) is 0 Å². The molecule has 0 aromatic carbocycles. The number of halogens is 1. The Balaban J connectivity index is 1.88. The van der Waals surface area contributed by atoms with Gasteiger partial charge >= 0.3 is 0 Å². The third-order valence-corrected chi connectivity index (χ3v) is 3.35. The summed E-state index contributed by atoms with van der Waals surface area (Å²) in [5.74, 6) is 0. The van der Waals surface area contributed by atoms with Gasteiger partial charge in [-0.05, 0) is 23.0 Å². The van der Waals surface area contributed by atoms with Gasteiger partial charge in [0.05, 0.1) is 6.04 Å². The zero-order chi connectivity index (χ0) is 8.55. The number of nitrogens with zero attached hydrogens (tertiary/aromatic N) is 2. The SMILES string of the molecule is CN1CC(Nc2nc(Br)cs2)C1. The van der Waals surface area contributed by atoms with E-state index in [1.54, 1.807) is 11.3 Å². The van der Waals surface area contributed by atoms with Crippen LogP contribution in [0.15, 0.2) is 9.98 Å². The van der Waals surface area contributed by atoms with E-state index in [0.29, 0.717) is 6.04 Å². The molecule has 1 aromatic heterocycles. The monoisotopic (exact) mass is 247 g/mol. The average Bonchev–Trinajstić information content (AvgIpc) is 2.33. The molecule has 0 bridgehead atoms. The third-order valence-electron chi connectivity index (χ3n) is 1.87. The molecule has 0 spiro atoms. The van der Waals surface area contributed by atoms with E-state index in [1.165, 1.54) is 0 Å². The lowest BCUT2D eigenvalue weighted by Crippen LogP contribution is -2.52. The van der Waals surface area contributed by atoms with Crippen LogP contribution in [-0.4, -0.2) is 36.1 Å². The third kappa shape index (κ3) is 1.78. The summed E-state index contributed by atoms with van der Waals surface area (Å²) in [6, 6.07) is 0.591. The molecule has 0 amide bonds. The molecule has 1 N–H and O–H groups in total. The second-order valence-corrected chi connectivity index (χ2v) is 4.71. The highest BCUT2D eigenvalue weighted by Crippen LogP contribution is 2.21. The summed E-state index contributed by atoms with van der Waals surface area (Å²) in [7, 11) is 2.12. The summed E-state index contributed by atoms with van der Waals surface area (Å²) in [5.41, 5.74) is 0. The first kappa shape index (κ1) is 8.47. The molecule has 0 aliphatic carbocycles. The van der Waals surface area contributed by atoms with Crippen LogP contribution in [0.2, 0.25) is 0 Å². The van der Waals surface area contributed by atoms with Crippen molar-refractivity contribution in [1.82, 2.24) is 9.88 Å². The molecule has 2 rings (SSSR count). The van der Waals surface area contributed by atoms with Gasteiger partial charge < -0.3 is 10.2 Å². The minimum absolute atomic E-state index is 0.591. The maximum absolute atomic E-state index is 4.26. The summed E-state index contributed by atoms with van der Waals surface area (Å²) in [6.45, 7) is 2.24. The number of rotatable bonds is 2. The number of hydrogen-bond acceptors (Lipinski definition) is 4. The Labute approximate surface area is 83.9 Å². The largest absolute Gasteiger partial charge is 0.356 e. The fourth-order valence-corrected chi connectivity index (χ4v) is 2.51. The predicted octanol–water partition coefficient (Wildman–Crippen LogP) is 1.63. The molecule has 2 heterocycles. The van der Waals surface area contributed by atoms with Crippen LogP contribution in [0.3, 0.4) is 0 Å². The van der Waals surface area contributed by atoms with E-state index in [-0.39, 0.29) is 0 Å². The lowest BCUT2D eigenvalue weighted by Gasteiger charge is -2.36. The van der Waals surface area contributed by atoms with E-state index in [4.69, 9.17) is 0 Å². The quantitative estimate of drug-likeness (QED) is 0.862. The van der Waals surface area contributed by atoms with Gasteiger partial charge in [-0.3, -0.25) is 0 Å². The van der Waals surface area contributed by atoms with Gasteiger partial charge in [-0.2, -0.15) is 0 Å². The van der Waals surface area contributed by atoms with Crippen LogP contribution in [0.1, 0.15) is 0 Å². The lowest BCUT2D eigenvalue weighted by atomic mass is 10.1. The lowest BCUT2D eigenvalue weighted by molar-refractivity contribution is 0.205. The molecule has 0 radical (unpaired) electrons. The predicted molar refractivity (Wildman–Crippen MR) is 54.7 cm³/mol. The van der Waals surface area contributed by atoms with Gasteiger partial charge in [0.2, 0.25) is 0 Å². The number of likely N-dealkylation sites (tertiary alicyclic amines) is 1. The standard InChI is InChI=1S/C7H10BrN3S/c1-11-2-5(3-11)9-7-10-6(8)4-12-7/h4-5H,2-3H2,1H3,(H,9,10). The number of likely N-dealkylation sites (N-methyl/N-ethyl adjacent to an activating group) is 1. The Hall–Kier alpha value is -0.130. The van der Waals surface area contributed by atoms with Crippen molar-refractivity contribution >= 4 is 32.4 Å². The maximum atomic E-state index is 4.26. The molecule has 0 unspecified atom stereocenters. The molecule has 12 heavy (non-hydrogen) atoms. The number of thiazole rings is 1. The van der Waals surface area contributed by atoms with E-state index >= 15 is 0 Å². The molecule has 5 heteroatoms. The zero-order valence-corrected chi connectivity index (χ0v) is 9.15. The Kier molecular flexibility index (Phi) is 2.34. The Morgan fingerprint density at radius 2 is 2.50 bits per heavy atom. The van der Waals surface area contributed by atoms with Crippen LogP contribution in [-0.2, 0) is 0 Å². The van der Waals surface area contributed by atoms with Crippen LogP contribution in [0, 0.1) is 0 Å². The molecular formula is C7H10BrN3S. The molecule has 0 atom stereocenters. The average molecular weight is 248 g/mol. The molecule has 1 aromatic rings. The number of anilines is 1. The second-order valence-electron chi connectivity index (χ2n) is 3.04. The van der Waals surface area contributed by atoms with Gasteiger partial charge in [0.15, 0.2) is 5.13 Å². The fraction of sp³-hybridized carbons (Fsp3) is 0.571. The first-order valence-electron chi connectivity index (χ1n) is 3.80. The summed E-state index contributed by atoms with van der Waals surface area (Å²) in [4.78, 5) is 6.54. The highest BCUT2D eigenvalue weighted by molar-refractivity contribution is 9.10. The number of aromatic nitrogens is 1. The van der Waals surface area contributed by atoms with Crippen molar-refractivity contribution in [3.05, 3.63) is 9.98 Å². The minimum atomic E-state index is 0.591. The van der Waals surface area contributed by atoms with Crippen LogP contribution < -0.4 is 5.32 Å². The van der Waals surface area contributed by atoms with Crippen LogP contribution >= 0.6 is 27.3 Å². The van der Waals surface area contributed by atoms with Gasteiger partial charge in [0, 0.05) is 18.5 Å². The normalized spacial score (nSPS) is 19.2. The summed E-state index contributed by atoms with van der Waals surface area (Å²) < 4.78 is 0.919. The molecule has 1 saturated heterocycles. The smallest absolute Gasteiger partial charge is 0.184 e. The van der Waals surface area contributed by atoms with E-state index in [9.17, 15) is 0 Å². The highest BCUT2D eigenvalue weighted by Gasteiger charge is 2.23. The summed E-state index contributed by atoms with van der Waals surface area (Å²) in [6.07, 6.45) is 0. The van der Waals surface area contributed by atoms with Crippen LogP contribution in [0.25, 0.3) is 0 Å². The molecule has 0 saturated carbocycles. The van der Waals surface area contributed by atoms with Crippen molar-refractivity contribution in [2.45, 2.75) is 6.04 Å². The maximum Gasteiger partial charge on any atom is 0.184 e. The van der Waals surface area contributed by atoms with Gasteiger partial charge in [-0.15, -0.1) is 11.3 Å². The van der Waals surface area contributed by atoms with Crippen LogP contribution in [0.5, 0.6) is 0 Å².